The van der Waals surface area contributed by atoms with Crippen molar-refractivity contribution in [1.82, 2.24) is 15.0 Å². The lowest BCUT2D eigenvalue weighted by Crippen LogP contribution is -2.25. The van der Waals surface area contributed by atoms with E-state index in [0.29, 0.717) is 11.2 Å². The van der Waals surface area contributed by atoms with E-state index in [9.17, 15) is 0 Å². The van der Waals surface area contributed by atoms with Crippen LogP contribution >= 0.6 is 11.8 Å². The molecule has 0 fully saturated rings. The number of nitrogens with zero attached hydrogens (tertiary/aromatic N) is 4. The first-order chi connectivity index (χ1) is 9.10. The first-order valence-corrected chi connectivity index (χ1v) is 7.90. The Kier molecular flexibility index (Phi) is 6.91. The maximum atomic E-state index is 4.55. The number of thioether (sulfide) groups is 1. The van der Waals surface area contributed by atoms with Gasteiger partial charge in [0.15, 0.2) is 5.16 Å². The largest absolute Gasteiger partial charge is 0.354 e. The predicted octanol–water partition coefficient (Wildman–Crippen LogP) is 3.04. The fraction of sp³-hybridized carbons (Fsp3) is 0.769. The zero-order valence-corrected chi connectivity index (χ0v) is 13.4. The van der Waals surface area contributed by atoms with Crippen molar-refractivity contribution in [2.24, 2.45) is 0 Å². The standard InChI is InChI=1S/C13H25N5S/c1-6-9-14-11-15-12(18(7-2)8-3)17-13(16-11)19-10(4)5/h10H,6-9H2,1-5H3,(H,14,15,16,17). The topological polar surface area (TPSA) is 53.9 Å². The molecule has 108 valence electrons. The Bertz CT molecular complexity index is 379. The first-order valence-electron chi connectivity index (χ1n) is 7.02. The van der Waals surface area contributed by atoms with Crippen molar-refractivity contribution in [3.05, 3.63) is 0 Å². The number of nitrogens with one attached hydrogen (secondary N) is 1. The van der Waals surface area contributed by atoms with Crippen molar-refractivity contribution in [3.63, 3.8) is 0 Å². The minimum atomic E-state index is 0.464. The van der Waals surface area contributed by atoms with Gasteiger partial charge in [0.05, 0.1) is 0 Å². The summed E-state index contributed by atoms with van der Waals surface area (Å²) in [6, 6.07) is 0. The minimum absolute atomic E-state index is 0.464. The van der Waals surface area contributed by atoms with Crippen molar-refractivity contribution in [2.75, 3.05) is 29.9 Å². The number of hydrogen-bond acceptors (Lipinski definition) is 6. The van der Waals surface area contributed by atoms with Crippen LogP contribution in [0.4, 0.5) is 11.9 Å². The van der Waals surface area contributed by atoms with E-state index in [1.807, 2.05) is 0 Å². The molecule has 1 rings (SSSR count). The van der Waals surface area contributed by atoms with Crippen LogP contribution in [0.15, 0.2) is 5.16 Å². The summed E-state index contributed by atoms with van der Waals surface area (Å²) in [4.78, 5) is 15.7. The molecule has 0 saturated carbocycles. The Morgan fingerprint density at radius 1 is 1.11 bits per heavy atom. The number of aromatic nitrogens is 3. The van der Waals surface area contributed by atoms with Crippen molar-refractivity contribution >= 4 is 23.7 Å². The van der Waals surface area contributed by atoms with Crippen LogP contribution in [0.25, 0.3) is 0 Å². The zero-order valence-electron chi connectivity index (χ0n) is 12.6. The van der Waals surface area contributed by atoms with Crippen LogP contribution in [0.3, 0.4) is 0 Å². The van der Waals surface area contributed by atoms with Gasteiger partial charge in [0, 0.05) is 24.9 Å². The van der Waals surface area contributed by atoms with E-state index < -0.39 is 0 Å². The molecule has 0 atom stereocenters. The Labute approximate surface area is 120 Å². The van der Waals surface area contributed by atoms with Crippen LogP contribution in [-0.2, 0) is 0 Å². The molecular weight excluding hydrogens is 258 g/mol. The second kappa shape index (κ2) is 8.19. The van der Waals surface area contributed by atoms with Crippen LogP contribution in [0.1, 0.15) is 41.0 Å². The summed E-state index contributed by atoms with van der Waals surface area (Å²) in [6.07, 6.45) is 1.05. The maximum Gasteiger partial charge on any atom is 0.231 e. The van der Waals surface area contributed by atoms with E-state index in [1.54, 1.807) is 11.8 Å². The Hall–Kier alpha value is -1.04. The molecule has 6 heteroatoms. The molecular formula is C13H25N5S. The summed E-state index contributed by atoms with van der Waals surface area (Å²) in [7, 11) is 0. The smallest absolute Gasteiger partial charge is 0.231 e. The van der Waals surface area contributed by atoms with Gasteiger partial charge in [-0.1, -0.05) is 32.5 Å². The molecule has 0 aromatic carbocycles. The molecule has 0 aliphatic rings. The minimum Gasteiger partial charge on any atom is -0.354 e. The fourth-order valence-electron chi connectivity index (χ4n) is 1.57. The number of hydrogen-bond donors (Lipinski definition) is 1. The highest BCUT2D eigenvalue weighted by atomic mass is 32.2. The summed E-state index contributed by atoms with van der Waals surface area (Å²) in [6.45, 7) is 13.3. The van der Waals surface area contributed by atoms with Gasteiger partial charge in [-0.25, -0.2) is 0 Å². The van der Waals surface area contributed by atoms with Crippen molar-refractivity contribution in [1.29, 1.82) is 0 Å². The van der Waals surface area contributed by atoms with Gasteiger partial charge in [-0.2, -0.15) is 15.0 Å². The monoisotopic (exact) mass is 283 g/mol. The average Bonchev–Trinajstić information content (AvgIpc) is 2.37. The average molecular weight is 283 g/mol. The lowest BCUT2D eigenvalue weighted by Gasteiger charge is -2.19. The van der Waals surface area contributed by atoms with Crippen molar-refractivity contribution in [3.8, 4) is 0 Å². The molecule has 0 saturated heterocycles. The van der Waals surface area contributed by atoms with Crippen molar-refractivity contribution in [2.45, 2.75) is 51.4 Å². The van der Waals surface area contributed by atoms with Gasteiger partial charge in [-0.3, -0.25) is 0 Å². The van der Waals surface area contributed by atoms with Gasteiger partial charge in [0.1, 0.15) is 0 Å². The molecule has 0 radical (unpaired) electrons. The normalized spacial score (nSPS) is 10.8. The lowest BCUT2D eigenvalue weighted by molar-refractivity contribution is 0.779. The molecule has 1 heterocycles. The quantitative estimate of drug-likeness (QED) is 0.740. The third-order valence-electron chi connectivity index (χ3n) is 2.52. The molecule has 0 aliphatic carbocycles. The summed E-state index contributed by atoms with van der Waals surface area (Å²) in [5.41, 5.74) is 0. The molecule has 0 aliphatic heterocycles. The highest BCUT2D eigenvalue weighted by Crippen LogP contribution is 2.22. The Morgan fingerprint density at radius 3 is 2.32 bits per heavy atom. The van der Waals surface area contributed by atoms with Gasteiger partial charge >= 0.3 is 0 Å². The Balaban J connectivity index is 3.00. The molecule has 0 amide bonds. The van der Waals surface area contributed by atoms with Gasteiger partial charge < -0.3 is 10.2 Å². The second-order valence-electron chi connectivity index (χ2n) is 4.51. The lowest BCUT2D eigenvalue weighted by atomic mass is 10.5. The first kappa shape index (κ1) is 16.0. The molecule has 19 heavy (non-hydrogen) atoms. The Morgan fingerprint density at radius 2 is 1.79 bits per heavy atom. The third-order valence-corrected chi connectivity index (χ3v) is 3.39. The summed E-state index contributed by atoms with van der Waals surface area (Å²) >= 11 is 1.67. The van der Waals surface area contributed by atoms with Crippen LogP contribution < -0.4 is 10.2 Å². The SMILES string of the molecule is CCCNc1nc(SC(C)C)nc(N(CC)CC)n1. The van der Waals surface area contributed by atoms with E-state index in [2.05, 4.69) is 59.8 Å². The van der Waals surface area contributed by atoms with Crippen LogP contribution in [0, 0.1) is 0 Å². The van der Waals surface area contributed by atoms with Crippen LogP contribution in [-0.4, -0.2) is 39.8 Å². The van der Waals surface area contributed by atoms with E-state index in [0.717, 1.165) is 37.2 Å². The van der Waals surface area contributed by atoms with Crippen LogP contribution in [0.5, 0.6) is 0 Å². The van der Waals surface area contributed by atoms with E-state index >= 15 is 0 Å². The van der Waals surface area contributed by atoms with E-state index in [-0.39, 0.29) is 0 Å². The molecule has 1 aromatic rings. The van der Waals surface area contributed by atoms with Crippen molar-refractivity contribution < 1.29 is 0 Å². The third kappa shape index (κ3) is 5.22. The summed E-state index contributed by atoms with van der Waals surface area (Å²) in [5.74, 6) is 1.45. The zero-order chi connectivity index (χ0) is 14.3. The highest BCUT2D eigenvalue weighted by Gasteiger charge is 2.12. The molecule has 0 spiro atoms. The van der Waals surface area contributed by atoms with Gasteiger partial charge in [-0.15, -0.1) is 0 Å². The van der Waals surface area contributed by atoms with Gasteiger partial charge in [0.25, 0.3) is 0 Å². The predicted molar refractivity (Wildman–Crippen MR) is 83.2 cm³/mol. The molecule has 1 aromatic heterocycles. The molecule has 0 bridgehead atoms. The second-order valence-corrected chi connectivity index (χ2v) is 6.05. The molecule has 1 N–H and O–H groups in total. The van der Waals surface area contributed by atoms with Gasteiger partial charge in [0.2, 0.25) is 11.9 Å². The van der Waals surface area contributed by atoms with Gasteiger partial charge in [-0.05, 0) is 20.3 Å². The molecule has 0 unspecified atom stereocenters. The fourth-order valence-corrected chi connectivity index (χ4v) is 2.27. The number of rotatable bonds is 8. The molecule has 5 nitrogen and oxygen atoms in total. The summed E-state index contributed by atoms with van der Waals surface area (Å²) in [5, 5.41) is 4.51. The van der Waals surface area contributed by atoms with E-state index in [1.165, 1.54) is 0 Å². The number of anilines is 2. The highest BCUT2D eigenvalue weighted by molar-refractivity contribution is 7.99. The van der Waals surface area contributed by atoms with E-state index in [4.69, 9.17) is 0 Å². The summed E-state index contributed by atoms with van der Waals surface area (Å²) < 4.78 is 0. The maximum absolute atomic E-state index is 4.55. The van der Waals surface area contributed by atoms with Crippen LogP contribution in [0.2, 0.25) is 0 Å².